The topological polar surface area (TPSA) is 98.3 Å². The fraction of sp³-hybridized carbons (Fsp3) is 0.400. The number of ether oxygens (including phenoxy) is 1. The van der Waals surface area contributed by atoms with Crippen LogP contribution in [0, 0.1) is 6.92 Å². The molecule has 3 aromatic rings. The van der Waals surface area contributed by atoms with Gasteiger partial charge in [-0.25, -0.2) is 9.48 Å². The number of carbonyl (C=O) groups excluding carboxylic acids is 1. The number of amides is 2. The zero-order chi connectivity index (χ0) is 20.4. The first kappa shape index (κ1) is 19.1. The highest BCUT2D eigenvalue weighted by Gasteiger charge is 2.33. The highest BCUT2D eigenvalue weighted by atomic mass is 16.5. The molecule has 152 valence electrons. The SMILES string of the molecule is Cc1ccn(-c2ccccc2NC(=O)N2CCOCC2c2noc(C(C)C)n2)n1. The van der Waals surface area contributed by atoms with Crippen molar-refractivity contribution in [3.05, 3.63) is 53.9 Å². The second-order valence-corrected chi connectivity index (χ2v) is 7.28. The van der Waals surface area contributed by atoms with E-state index in [1.54, 1.807) is 9.58 Å². The van der Waals surface area contributed by atoms with Gasteiger partial charge < -0.3 is 19.5 Å². The van der Waals surface area contributed by atoms with Gasteiger partial charge >= 0.3 is 6.03 Å². The molecule has 1 unspecified atom stereocenters. The largest absolute Gasteiger partial charge is 0.377 e. The summed E-state index contributed by atoms with van der Waals surface area (Å²) in [6, 6.07) is 8.81. The zero-order valence-corrected chi connectivity index (χ0v) is 16.7. The molecule has 0 bridgehead atoms. The minimum atomic E-state index is -0.404. The van der Waals surface area contributed by atoms with Crippen molar-refractivity contribution in [2.24, 2.45) is 0 Å². The Morgan fingerprint density at radius 2 is 2.10 bits per heavy atom. The molecule has 9 nitrogen and oxygen atoms in total. The molecular formula is C20H24N6O3. The summed E-state index contributed by atoms with van der Waals surface area (Å²) < 4.78 is 12.6. The molecule has 2 aromatic heterocycles. The fourth-order valence-electron chi connectivity index (χ4n) is 3.19. The van der Waals surface area contributed by atoms with Crippen molar-refractivity contribution < 1.29 is 14.1 Å². The molecule has 1 atom stereocenters. The van der Waals surface area contributed by atoms with E-state index in [0.29, 0.717) is 37.2 Å². The van der Waals surface area contributed by atoms with Crippen LogP contribution < -0.4 is 5.32 Å². The van der Waals surface area contributed by atoms with E-state index < -0.39 is 6.04 Å². The van der Waals surface area contributed by atoms with E-state index in [1.807, 2.05) is 57.3 Å². The summed E-state index contributed by atoms with van der Waals surface area (Å²) in [6.07, 6.45) is 1.87. The quantitative estimate of drug-likeness (QED) is 0.727. The number of nitrogens with one attached hydrogen (secondary N) is 1. The standard InChI is InChI=1S/C20H24N6O3/c1-13(2)19-22-18(24-29-19)17-12-28-11-10-25(17)20(27)21-15-6-4-5-7-16(15)26-9-8-14(3)23-26/h4-9,13,17H,10-12H2,1-3H3,(H,21,27). The molecule has 1 aliphatic rings. The first-order chi connectivity index (χ1) is 14.0. The van der Waals surface area contributed by atoms with E-state index in [-0.39, 0.29) is 11.9 Å². The Morgan fingerprint density at radius 1 is 1.28 bits per heavy atom. The van der Waals surface area contributed by atoms with Crippen LogP contribution in [-0.2, 0) is 4.74 Å². The molecule has 1 aromatic carbocycles. The van der Waals surface area contributed by atoms with E-state index in [4.69, 9.17) is 9.26 Å². The van der Waals surface area contributed by atoms with Crippen molar-refractivity contribution in [1.29, 1.82) is 0 Å². The van der Waals surface area contributed by atoms with Crippen LogP contribution in [-0.4, -0.2) is 50.6 Å². The maximum Gasteiger partial charge on any atom is 0.322 e. The average Bonchev–Trinajstić information content (AvgIpc) is 3.38. The first-order valence-corrected chi connectivity index (χ1v) is 9.63. The van der Waals surface area contributed by atoms with Crippen LogP contribution in [0.3, 0.4) is 0 Å². The molecule has 0 radical (unpaired) electrons. The second-order valence-electron chi connectivity index (χ2n) is 7.28. The molecule has 1 fully saturated rings. The van der Waals surface area contributed by atoms with Gasteiger partial charge in [0.05, 0.1) is 30.3 Å². The van der Waals surface area contributed by atoms with Crippen molar-refractivity contribution in [1.82, 2.24) is 24.8 Å². The predicted molar refractivity (Wildman–Crippen MR) is 106 cm³/mol. The minimum Gasteiger partial charge on any atom is -0.377 e. The first-order valence-electron chi connectivity index (χ1n) is 9.63. The number of urea groups is 1. The second kappa shape index (κ2) is 8.04. The van der Waals surface area contributed by atoms with Crippen molar-refractivity contribution in [3.8, 4) is 5.69 Å². The summed E-state index contributed by atoms with van der Waals surface area (Å²) in [6.45, 7) is 7.10. The lowest BCUT2D eigenvalue weighted by atomic mass is 10.2. The number of rotatable bonds is 4. The van der Waals surface area contributed by atoms with Gasteiger partial charge in [-0.05, 0) is 25.1 Å². The number of anilines is 1. The van der Waals surface area contributed by atoms with E-state index in [2.05, 4.69) is 20.6 Å². The maximum atomic E-state index is 13.1. The summed E-state index contributed by atoms with van der Waals surface area (Å²) in [5.41, 5.74) is 2.36. The lowest BCUT2D eigenvalue weighted by molar-refractivity contribution is 0.0110. The Labute approximate surface area is 168 Å². The van der Waals surface area contributed by atoms with Crippen LogP contribution in [0.4, 0.5) is 10.5 Å². The number of para-hydroxylation sites is 2. The number of carbonyl (C=O) groups is 1. The zero-order valence-electron chi connectivity index (χ0n) is 16.7. The van der Waals surface area contributed by atoms with Gasteiger partial charge in [-0.3, -0.25) is 0 Å². The van der Waals surface area contributed by atoms with Crippen molar-refractivity contribution >= 4 is 11.7 Å². The highest BCUT2D eigenvalue weighted by Crippen LogP contribution is 2.26. The third-order valence-corrected chi connectivity index (χ3v) is 4.75. The number of aryl methyl sites for hydroxylation is 1. The van der Waals surface area contributed by atoms with Gasteiger partial charge in [-0.1, -0.05) is 31.1 Å². The Balaban J connectivity index is 1.57. The number of hydrogen-bond donors (Lipinski definition) is 1. The van der Waals surface area contributed by atoms with Gasteiger partial charge in [0, 0.05) is 18.7 Å². The van der Waals surface area contributed by atoms with E-state index in [9.17, 15) is 4.79 Å². The number of morpholine rings is 1. The van der Waals surface area contributed by atoms with Gasteiger partial charge in [0.2, 0.25) is 5.89 Å². The third kappa shape index (κ3) is 4.00. The van der Waals surface area contributed by atoms with Crippen LogP contribution in [0.2, 0.25) is 0 Å². The van der Waals surface area contributed by atoms with Crippen molar-refractivity contribution in [2.45, 2.75) is 32.7 Å². The highest BCUT2D eigenvalue weighted by molar-refractivity contribution is 5.91. The van der Waals surface area contributed by atoms with Crippen LogP contribution >= 0.6 is 0 Å². The summed E-state index contributed by atoms with van der Waals surface area (Å²) >= 11 is 0. The molecular weight excluding hydrogens is 372 g/mol. The van der Waals surface area contributed by atoms with Gasteiger partial charge in [0.25, 0.3) is 0 Å². The van der Waals surface area contributed by atoms with E-state index >= 15 is 0 Å². The molecule has 3 heterocycles. The molecule has 0 aliphatic carbocycles. The summed E-state index contributed by atoms with van der Waals surface area (Å²) in [7, 11) is 0. The van der Waals surface area contributed by atoms with Crippen LogP contribution in [0.25, 0.3) is 5.69 Å². The fourth-order valence-corrected chi connectivity index (χ4v) is 3.19. The maximum absolute atomic E-state index is 13.1. The minimum absolute atomic E-state index is 0.118. The molecule has 0 spiro atoms. The summed E-state index contributed by atoms with van der Waals surface area (Å²) in [5, 5.41) is 11.5. The Hall–Kier alpha value is -3.20. The van der Waals surface area contributed by atoms with Crippen molar-refractivity contribution in [3.63, 3.8) is 0 Å². The van der Waals surface area contributed by atoms with Crippen molar-refractivity contribution in [2.75, 3.05) is 25.1 Å². The smallest absolute Gasteiger partial charge is 0.322 e. The number of hydrogen-bond acceptors (Lipinski definition) is 6. The molecule has 1 N–H and O–H groups in total. The third-order valence-electron chi connectivity index (χ3n) is 4.75. The Kier molecular flexibility index (Phi) is 5.30. The van der Waals surface area contributed by atoms with Gasteiger partial charge in [-0.2, -0.15) is 10.1 Å². The normalized spacial score (nSPS) is 17.0. The van der Waals surface area contributed by atoms with E-state index in [0.717, 1.165) is 11.4 Å². The van der Waals surface area contributed by atoms with Gasteiger partial charge in [0.1, 0.15) is 6.04 Å². The molecule has 9 heteroatoms. The molecule has 4 rings (SSSR count). The molecule has 0 saturated carbocycles. The van der Waals surface area contributed by atoms with Gasteiger partial charge in [-0.15, -0.1) is 0 Å². The van der Waals surface area contributed by atoms with Crippen LogP contribution in [0.15, 0.2) is 41.1 Å². The van der Waals surface area contributed by atoms with E-state index in [1.165, 1.54) is 0 Å². The van der Waals surface area contributed by atoms with Crippen LogP contribution in [0.5, 0.6) is 0 Å². The number of nitrogens with zero attached hydrogens (tertiary/aromatic N) is 5. The Morgan fingerprint density at radius 3 is 2.83 bits per heavy atom. The van der Waals surface area contributed by atoms with Gasteiger partial charge in [0.15, 0.2) is 5.82 Å². The number of aromatic nitrogens is 4. The lowest BCUT2D eigenvalue weighted by Gasteiger charge is -2.33. The molecule has 1 aliphatic heterocycles. The summed E-state index contributed by atoms with van der Waals surface area (Å²) in [5.74, 6) is 1.12. The Bertz CT molecular complexity index is 996. The average molecular weight is 396 g/mol. The van der Waals surface area contributed by atoms with Crippen LogP contribution in [0.1, 0.15) is 43.2 Å². The number of benzene rings is 1. The monoisotopic (exact) mass is 396 g/mol. The lowest BCUT2D eigenvalue weighted by Crippen LogP contribution is -2.46. The molecule has 29 heavy (non-hydrogen) atoms. The predicted octanol–water partition coefficient (Wildman–Crippen LogP) is 3.29. The summed E-state index contributed by atoms with van der Waals surface area (Å²) in [4.78, 5) is 19.3. The molecule has 1 saturated heterocycles. The molecule has 2 amide bonds.